The molecule has 0 atom stereocenters. The number of rotatable bonds is 4. The number of ether oxygens (including phenoxy) is 1. The van der Waals surface area contributed by atoms with E-state index in [2.05, 4.69) is 9.84 Å². The Morgan fingerprint density at radius 1 is 1.24 bits per heavy atom. The number of benzene rings is 1. The Morgan fingerprint density at radius 3 is 2.48 bits per heavy atom. The molecule has 4 nitrogen and oxygen atoms in total. The van der Waals surface area contributed by atoms with Gasteiger partial charge in [0.05, 0.1) is 20.1 Å². The molecule has 0 aliphatic heterocycles. The Hall–Kier alpha value is -2.31. The molecule has 0 saturated carbocycles. The maximum Gasteiger partial charge on any atom is 0.435 e. The summed E-state index contributed by atoms with van der Waals surface area (Å²) in [5.74, 6) is -0.404. The van der Waals surface area contributed by atoms with Gasteiger partial charge in [-0.05, 0) is 17.2 Å². The molecular formula is C14H13F3N2O2. The zero-order valence-corrected chi connectivity index (χ0v) is 11.2. The average molecular weight is 298 g/mol. The van der Waals surface area contributed by atoms with Gasteiger partial charge in [0.15, 0.2) is 5.69 Å². The van der Waals surface area contributed by atoms with Gasteiger partial charge in [-0.2, -0.15) is 18.3 Å². The SMILES string of the molecule is COC(=O)Cc1ccccc1Cn1ccc(C(F)(F)F)n1. The van der Waals surface area contributed by atoms with Crippen molar-refractivity contribution in [2.75, 3.05) is 7.11 Å². The molecule has 0 aliphatic carbocycles. The summed E-state index contributed by atoms with van der Waals surface area (Å²) >= 11 is 0. The van der Waals surface area contributed by atoms with E-state index in [1.165, 1.54) is 18.0 Å². The second-order valence-corrected chi connectivity index (χ2v) is 4.42. The molecule has 0 aliphatic rings. The largest absolute Gasteiger partial charge is 0.469 e. The highest BCUT2D eigenvalue weighted by Crippen LogP contribution is 2.27. The zero-order valence-electron chi connectivity index (χ0n) is 11.2. The lowest BCUT2D eigenvalue weighted by Crippen LogP contribution is -2.11. The molecule has 1 aromatic heterocycles. The number of alkyl halides is 3. The van der Waals surface area contributed by atoms with Crippen LogP contribution in [0, 0.1) is 0 Å². The number of nitrogens with zero attached hydrogens (tertiary/aromatic N) is 2. The second kappa shape index (κ2) is 5.99. The van der Waals surface area contributed by atoms with Crippen molar-refractivity contribution < 1.29 is 22.7 Å². The molecule has 1 aromatic carbocycles. The van der Waals surface area contributed by atoms with Gasteiger partial charge in [0.25, 0.3) is 0 Å². The van der Waals surface area contributed by atoms with Crippen LogP contribution in [0.2, 0.25) is 0 Å². The highest BCUT2D eigenvalue weighted by atomic mass is 19.4. The van der Waals surface area contributed by atoms with E-state index in [-0.39, 0.29) is 13.0 Å². The first-order valence-electron chi connectivity index (χ1n) is 6.14. The normalized spacial score (nSPS) is 11.4. The van der Waals surface area contributed by atoms with Gasteiger partial charge in [-0.15, -0.1) is 0 Å². The van der Waals surface area contributed by atoms with Gasteiger partial charge in [0.2, 0.25) is 0 Å². The summed E-state index contributed by atoms with van der Waals surface area (Å²) < 4.78 is 43.3. The fraction of sp³-hybridized carbons (Fsp3) is 0.286. The molecule has 0 unspecified atom stereocenters. The fourth-order valence-corrected chi connectivity index (χ4v) is 1.89. The van der Waals surface area contributed by atoms with Crippen LogP contribution in [0.1, 0.15) is 16.8 Å². The molecule has 2 aromatic rings. The van der Waals surface area contributed by atoms with Crippen LogP contribution >= 0.6 is 0 Å². The Balaban J connectivity index is 2.20. The van der Waals surface area contributed by atoms with Crippen LogP contribution in [0.15, 0.2) is 36.5 Å². The Labute approximate surface area is 119 Å². The third kappa shape index (κ3) is 3.84. The van der Waals surface area contributed by atoms with Gasteiger partial charge in [-0.1, -0.05) is 24.3 Å². The van der Waals surface area contributed by atoms with Crippen molar-refractivity contribution in [2.45, 2.75) is 19.1 Å². The number of halogens is 3. The summed E-state index contributed by atoms with van der Waals surface area (Å²) in [6, 6.07) is 7.91. The average Bonchev–Trinajstić information content (AvgIpc) is 2.89. The van der Waals surface area contributed by atoms with E-state index in [4.69, 9.17) is 0 Å². The molecule has 0 amide bonds. The molecule has 0 spiro atoms. The van der Waals surface area contributed by atoms with E-state index in [1.54, 1.807) is 24.3 Å². The second-order valence-electron chi connectivity index (χ2n) is 4.42. The standard InChI is InChI=1S/C14H13F3N2O2/c1-21-13(20)8-10-4-2-3-5-11(10)9-19-7-6-12(18-19)14(15,16)17/h2-7H,8-9H2,1H3. The number of carbonyl (C=O) groups is 1. The summed E-state index contributed by atoms with van der Waals surface area (Å²) in [6.07, 6.45) is -3.13. The van der Waals surface area contributed by atoms with Gasteiger partial charge in [0.1, 0.15) is 0 Å². The topological polar surface area (TPSA) is 44.1 Å². The first kappa shape index (κ1) is 15.1. The van der Waals surface area contributed by atoms with Gasteiger partial charge >= 0.3 is 12.1 Å². The lowest BCUT2D eigenvalue weighted by atomic mass is 10.0. The van der Waals surface area contributed by atoms with Crippen molar-refractivity contribution >= 4 is 5.97 Å². The predicted octanol–water partition coefficient (Wildman–Crippen LogP) is 2.67. The summed E-state index contributed by atoms with van der Waals surface area (Å²) in [7, 11) is 1.29. The molecule has 112 valence electrons. The zero-order chi connectivity index (χ0) is 15.5. The van der Waals surface area contributed by atoms with Crippen molar-refractivity contribution in [1.29, 1.82) is 0 Å². The fourth-order valence-electron chi connectivity index (χ4n) is 1.89. The number of methoxy groups -OCH3 is 1. The molecule has 0 saturated heterocycles. The number of carbonyl (C=O) groups excluding carboxylic acids is 1. The maximum absolute atomic E-state index is 12.5. The molecule has 0 fully saturated rings. The Kier molecular flexibility index (Phi) is 4.30. The third-order valence-corrected chi connectivity index (χ3v) is 2.94. The van der Waals surface area contributed by atoms with Gasteiger partial charge < -0.3 is 4.74 Å². The van der Waals surface area contributed by atoms with Gasteiger partial charge in [-0.25, -0.2) is 0 Å². The van der Waals surface area contributed by atoms with E-state index in [1.807, 2.05) is 0 Å². The van der Waals surface area contributed by atoms with Crippen LogP contribution < -0.4 is 0 Å². The maximum atomic E-state index is 12.5. The number of aromatic nitrogens is 2. The first-order valence-corrected chi connectivity index (χ1v) is 6.14. The summed E-state index contributed by atoms with van der Waals surface area (Å²) in [5, 5.41) is 3.49. The molecule has 21 heavy (non-hydrogen) atoms. The molecular weight excluding hydrogens is 285 g/mol. The van der Waals surface area contributed by atoms with Crippen LogP contribution in [-0.4, -0.2) is 22.9 Å². The first-order chi connectivity index (χ1) is 9.90. The van der Waals surface area contributed by atoms with Gasteiger partial charge in [0, 0.05) is 6.20 Å². The number of esters is 1. The smallest absolute Gasteiger partial charge is 0.435 e. The van der Waals surface area contributed by atoms with Crippen molar-refractivity contribution in [2.24, 2.45) is 0 Å². The molecule has 0 bridgehead atoms. The highest BCUT2D eigenvalue weighted by Gasteiger charge is 2.33. The lowest BCUT2D eigenvalue weighted by molar-refractivity contribution is -0.141. The van der Waals surface area contributed by atoms with Crippen molar-refractivity contribution in [3.05, 3.63) is 53.3 Å². The number of hydrogen-bond acceptors (Lipinski definition) is 3. The molecule has 7 heteroatoms. The minimum absolute atomic E-state index is 0.0695. The van der Waals surface area contributed by atoms with E-state index in [9.17, 15) is 18.0 Å². The van der Waals surface area contributed by atoms with E-state index in [0.717, 1.165) is 11.6 Å². The van der Waals surface area contributed by atoms with E-state index in [0.29, 0.717) is 5.56 Å². The van der Waals surface area contributed by atoms with Crippen LogP contribution in [-0.2, 0) is 28.7 Å². The highest BCUT2D eigenvalue weighted by molar-refractivity contribution is 5.72. The van der Waals surface area contributed by atoms with Crippen LogP contribution in [0.25, 0.3) is 0 Å². The summed E-state index contributed by atoms with van der Waals surface area (Å²) in [4.78, 5) is 11.3. The molecule has 1 heterocycles. The van der Waals surface area contributed by atoms with Crippen molar-refractivity contribution in [3.63, 3.8) is 0 Å². The minimum Gasteiger partial charge on any atom is -0.469 e. The van der Waals surface area contributed by atoms with E-state index < -0.39 is 17.8 Å². The number of hydrogen-bond donors (Lipinski definition) is 0. The quantitative estimate of drug-likeness (QED) is 0.815. The van der Waals surface area contributed by atoms with Crippen LogP contribution in [0.4, 0.5) is 13.2 Å². The van der Waals surface area contributed by atoms with Gasteiger partial charge in [-0.3, -0.25) is 9.48 Å². The molecule has 0 radical (unpaired) electrons. The predicted molar refractivity (Wildman–Crippen MR) is 68.5 cm³/mol. The third-order valence-electron chi connectivity index (χ3n) is 2.94. The Morgan fingerprint density at radius 2 is 1.90 bits per heavy atom. The van der Waals surface area contributed by atoms with E-state index >= 15 is 0 Å². The lowest BCUT2D eigenvalue weighted by Gasteiger charge is -2.09. The van der Waals surface area contributed by atoms with Crippen LogP contribution in [0.5, 0.6) is 0 Å². The molecule has 0 N–H and O–H groups in total. The monoisotopic (exact) mass is 298 g/mol. The summed E-state index contributed by atoms with van der Waals surface area (Å²) in [6.45, 7) is 0.156. The van der Waals surface area contributed by atoms with Crippen LogP contribution in [0.3, 0.4) is 0 Å². The van der Waals surface area contributed by atoms with Crippen molar-refractivity contribution in [1.82, 2.24) is 9.78 Å². The van der Waals surface area contributed by atoms with Crippen molar-refractivity contribution in [3.8, 4) is 0 Å². The minimum atomic E-state index is -4.46. The summed E-state index contributed by atoms with van der Waals surface area (Å²) in [5.41, 5.74) is 0.487. The molecule has 2 rings (SSSR count). The Bertz CT molecular complexity index is 635.